The lowest BCUT2D eigenvalue weighted by Gasteiger charge is -2.39. The maximum absolute atomic E-state index is 11.0. The average Bonchev–Trinajstić information content (AvgIpc) is 2.94. The van der Waals surface area contributed by atoms with E-state index in [2.05, 4.69) is 10.3 Å². The molecule has 1 saturated heterocycles. The molecule has 7 nitrogen and oxygen atoms in total. The highest BCUT2D eigenvalue weighted by molar-refractivity contribution is 5.64. The molecule has 2 fully saturated rings. The van der Waals surface area contributed by atoms with Crippen LogP contribution in [-0.2, 0) is 4.74 Å². The van der Waals surface area contributed by atoms with Crippen molar-refractivity contribution in [1.29, 1.82) is 0 Å². The SMILES string of the molecule is NNc1cc(N2CCOC3CCCC32)cc([N+](=O)[O-])c1. The predicted octanol–water partition coefficient (Wildman–Crippen LogP) is 1.64. The summed E-state index contributed by atoms with van der Waals surface area (Å²) in [6.45, 7) is 1.42. The highest BCUT2D eigenvalue weighted by Crippen LogP contribution is 2.35. The topological polar surface area (TPSA) is 93.7 Å². The molecule has 0 bridgehead atoms. The second kappa shape index (κ2) is 5.26. The fourth-order valence-electron chi connectivity index (χ4n) is 3.20. The van der Waals surface area contributed by atoms with Crippen LogP contribution in [-0.4, -0.2) is 30.2 Å². The van der Waals surface area contributed by atoms with Gasteiger partial charge in [-0.3, -0.25) is 16.0 Å². The van der Waals surface area contributed by atoms with Crippen LogP contribution in [0.5, 0.6) is 0 Å². The molecule has 20 heavy (non-hydrogen) atoms. The Hall–Kier alpha value is -1.86. The third kappa shape index (κ3) is 2.30. The number of nitrogens with zero attached hydrogens (tertiary/aromatic N) is 2. The number of hydrogen-bond donors (Lipinski definition) is 2. The molecule has 2 unspecified atom stereocenters. The average molecular weight is 278 g/mol. The van der Waals surface area contributed by atoms with E-state index in [4.69, 9.17) is 10.6 Å². The van der Waals surface area contributed by atoms with E-state index in [0.29, 0.717) is 18.3 Å². The lowest BCUT2D eigenvalue weighted by molar-refractivity contribution is -0.384. The summed E-state index contributed by atoms with van der Waals surface area (Å²) in [7, 11) is 0. The highest BCUT2D eigenvalue weighted by atomic mass is 16.6. The van der Waals surface area contributed by atoms with Gasteiger partial charge >= 0.3 is 0 Å². The van der Waals surface area contributed by atoms with Crippen molar-refractivity contribution in [1.82, 2.24) is 0 Å². The van der Waals surface area contributed by atoms with Crippen molar-refractivity contribution in [2.75, 3.05) is 23.5 Å². The van der Waals surface area contributed by atoms with Crippen molar-refractivity contribution in [3.63, 3.8) is 0 Å². The molecule has 0 aromatic heterocycles. The number of benzene rings is 1. The Balaban J connectivity index is 1.95. The number of non-ortho nitro benzene ring substituents is 1. The number of nitro benzene ring substituents is 1. The van der Waals surface area contributed by atoms with Crippen LogP contribution < -0.4 is 16.2 Å². The van der Waals surface area contributed by atoms with Crippen LogP contribution in [0.25, 0.3) is 0 Å². The number of fused-ring (bicyclic) bond motifs is 1. The molecule has 2 aliphatic rings. The molecular formula is C13H18N4O3. The van der Waals surface area contributed by atoms with E-state index in [1.54, 1.807) is 6.07 Å². The molecular weight excluding hydrogens is 260 g/mol. The normalized spacial score (nSPS) is 25.4. The summed E-state index contributed by atoms with van der Waals surface area (Å²) in [5, 5.41) is 11.0. The van der Waals surface area contributed by atoms with Crippen LogP contribution in [0.2, 0.25) is 0 Å². The van der Waals surface area contributed by atoms with Gasteiger partial charge in [-0.1, -0.05) is 0 Å². The van der Waals surface area contributed by atoms with Crippen LogP contribution in [0.15, 0.2) is 18.2 Å². The summed E-state index contributed by atoms with van der Waals surface area (Å²) in [6.07, 6.45) is 3.52. The van der Waals surface area contributed by atoms with E-state index in [0.717, 1.165) is 31.5 Å². The lowest BCUT2D eigenvalue weighted by atomic mass is 10.1. The molecule has 0 spiro atoms. The minimum atomic E-state index is -0.392. The smallest absolute Gasteiger partial charge is 0.273 e. The second-order valence-electron chi connectivity index (χ2n) is 5.24. The van der Waals surface area contributed by atoms with Crippen LogP contribution in [0.1, 0.15) is 19.3 Å². The first-order valence-electron chi connectivity index (χ1n) is 6.83. The Labute approximate surface area is 116 Å². The molecule has 3 rings (SSSR count). The van der Waals surface area contributed by atoms with E-state index in [1.807, 2.05) is 6.07 Å². The molecule has 2 atom stereocenters. The number of anilines is 2. The van der Waals surface area contributed by atoms with Crippen LogP contribution in [0.4, 0.5) is 17.1 Å². The maximum Gasteiger partial charge on any atom is 0.273 e. The maximum atomic E-state index is 11.0. The molecule has 1 aliphatic carbocycles. The summed E-state index contributed by atoms with van der Waals surface area (Å²) in [4.78, 5) is 12.9. The summed E-state index contributed by atoms with van der Waals surface area (Å²) < 4.78 is 5.77. The number of nitro groups is 1. The number of rotatable bonds is 3. The monoisotopic (exact) mass is 278 g/mol. The molecule has 1 heterocycles. The molecule has 0 amide bonds. The van der Waals surface area contributed by atoms with Gasteiger partial charge in [0.25, 0.3) is 5.69 Å². The third-order valence-corrected chi connectivity index (χ3v) is 4.09. The number of hydrogen-bond acceptors (Lipinski definition) is 6. The van der Waals surface area contributed by atoms with Crippen molar-refractivity contribution in [3.05, 3.63) is 28.3 Å². The number of morpholine rings is 1. The molecule has 1 aliphatic heterocycles. The largest absolute Gasteiger partial charge is 0.374 e. The van der Waals surface area contributed by atoms with Crippen molar-refractivity contribution < 1.29 is 9.66 Å². The Morgan fingerprint density at radius 1 is 1.40 bits per heavy atom. The van der Waals surface area contributed by atoms with Gasteiger partial charge in [-0.25, -0.2) is 0 Å². The Bertz CT molecular complexity index is 522. The Morgan fingerprint density at radius 2 is 2.25 bits per heavy atom. The third-order valence-electron chi connectivity index (χ3n) is 4.09. The molecule has 7 heteroatoms. The zero-order chi connectivity index (χ0) is 14.1. The quantitative estimate of drug-likeness (QED) is 0.496. The molecule has 1 aromatic rings. The standard InChI is InChI=1S/C13H18N4O3/c14-15-9-6-10(8-11(7-9)17(18)19)16-4-5-20-13-3-1-2-12(13)16/h6-8,12-13,15H,1-5,14H2. The van der Waals surface area contributed by atoms with E-state index in [-0.39, 0.29) is 11.8 Å². The first-order chi connectivity index (χ1) is 9.69. The van der Waals surface area contributed by atoms with Crippen LogP contribution in [0, 0.1) is 10.1 Å². The summed E-state index contributed by atoms with van der Waals surface area (Å²) in [5.41, 5.74) is 3.94. The fourth-order valence-corrected chi connectivity index (χ4v) is 3.20. The number of nitrogens with one attached hydrogen (secondary N) is 1. The van der Waals surface area contributed by atoms with Gasteiger partial charge in [0, 0.05) is 24.4 Å². The minimum absolute atomic E-state index is 0.0523. The van der Waals surface area contributed by atoms with Gasteiger partial charge in [0.1, 0.15) is 0 Å². The van der Waals surface area contributed by atoms with Gasteiger partial charge in [0.2, 0.25) is 0 Å². The van der Waals surface area contributed by atoms with Gasteiger partial charge in [0.15, 0.2) is 0 Å². The van der Waals surface area contributed by atoms with Gasteiger partial charge in [-0.15, -0.1) is 0 Å². The minimum Gasteiger partial charge on any atom is -0.374 e. The first-order valence-corrected chi connectivity index (χ1v) is 6.83. The molecule has 1 aromatic carbocycles. The molecule has 1 saturated carbocycles. The van der Waals surface area contributed by atoms with E-state index in [1.165, 1.54) is 6.07 Å². The number of nitrogen functional groups attached to an aromatic ring is 1. The molecule has 0 radical (unpaired) electrons. The van der Waals surface area contributed by atoms with Crippen LogP contribution in [0.3, 0.4) is 0 Å². The van der Waals surface area contributed by atoms with Gasteiger partial charge in [-0.05, 0) is 25.3 Å². The lowest BCUT2D eigenvalue weighted by Crippen LogP contribution is -2.48. The van der Waals surface area contributed by atoms with E-state index in [9.17, 15) is 10.1 Å². The Morgan fingerprint density at radius 3 is 3.00 bits per heavy atom. The summed E-state index contributed by atoms with van der Waals surface area (Å²) in [6, 6.07) is 5.22. The summed E-state index contributed by atoms with van der Waals surface area (Å²) in [5.74, 6) is 5.41. The molecule has 3 N–H and O–H groups in total. The highest BCUT2D eigenvalue weighted by Gasteiger charge is 2.36. The number of hydrazine groups is 1. The van der Waals surface area contributed by atoms with Gasteiger partial charge in [0.05, 0.1) is 29.4 Å². The zero-order valence-electron chi connectivity index (χ0n) is 11.1. The van der Waals surface area contributed by atoms with Crippen molar-refractivity contribution in [3.8, 4) is 0 Å². The summed E-state index contributed by atoms with van der Waals surface area (Å²) >= 11 is 0. The second-order valence-corrected chi connectivity index (χ2v) is 5.24. The predicted molar refractivity (Wildman–Crippen MR) is 75.6 cm³/mol. The fraction of sp³-hybridized carbons (Fsp3) is 0.538. The van der Waals surface area contributed by atoms with Crippen molar-refractivity contribution >= 4 is 17.1 Å². The van der Waals surface area contributed by atoms with Gasteiger partial charge < -0.3 is 15.1 Å². The van der Waals surface area contributed by atoms with Crippen molar-refractivity contribution in [2.45, 2.75) is 31.4 Å². The van der Waals surface area contributed by atoms with E-state index >= 15 is 0 Å². The first kappa shape index (κ1) is 13.1. The van der Waals surface area contributed by atoms with Gasteiger partial charge in [-0.2, -0.15) is 0 Å². The Kier molecular flexibility index (Phi) is 3.45. The number of nitrogens with two attached hydrogens (primary N) is 1. The van der Waals surface area contributed by atoms with E-state index < -0.39 is 4.92 Å². The van der Waals surface area contributed by atoms with Crippen LogP contribution >= 0.6 is 0 Å². The molecule has 108 valence electrons. The number of ether oxygens (including phenoxy) is 1. The van der Waals surface area contributed by atoms with Crippen molar-refractivity contribution in [2.24, 2.45) is 5.84 Å². The zero-order valence-corrected chi connectivity index (χ0v) is 11.1.